The number of benzene rings is 7. The van der Waals surface area contributed by atoms with Crippen LogP contribution in [0.15, 0.2) is 133 Å². The lowest BCUT2D eigenvalue weighted by Crippen LogP contribution is -2.06. The van der Waals surface area contributed by atoms with E-state index in [2.05, 4.69) is 102 Å². The zero-order chi connectivity index (χ0) is 30.6. The molecule has 7 aromatic carbocycles. The lowest BCUT2D eigenvalue weighted by molar-refractivity contribution is 0.954. The third kappa shape index (κ3) is 3.54. The van der Waals surface area contributed by atoms with Crippen molar-refractivity contribution in [3.8, 4) is 28.7 Å². The average Bonchev–Trinajstić information content (AvgIpc) is 3.81. The van der Waals surface area contributed by atoms with Gasteiger partial charge in [0.1, 0.15) is 0 Å². The van der Waals surface area contributed by atoms with E-state index in [-0.39, 0.29) is 0 Å². The normalized spacial score (nSPS) is 12.3. The Morgan fingerprint density at radius 3 is 1.34 bits per heavy atom. The standard InChI is InChI=1S/C41H22N4S2/c1-3-11-23(12-4-1)39-42-40(24-13-5-2-6-14-24)44-41(43-39)45-31-21-29-25-15-7-9-17-33(25)46-37(29)27-19-20-28-36(35(27)31)32(45)22-30-26-16-8-10-18-34(26)47-38(28)30/h1-22H. The molecule has 11 rings (SSSR count). The Morgan fingerprint density at radius 1 is 0.404 bits per heavy atom. The summed E-state index contributed by atoms with van der Waals surface area (Å²) >= 11 is 3.76. The van der Waals surface area contributed by atoms with E-state index in [4.69, 9.17) is 15.0 Å². The molecule has 4 heterocycles. The summed E-state index contributed by atoms with van der Waals surface area (Å²) in [5.74, 6) is 1.93. The Bertz CT molecular complexity index is 2810. The number of fused-ring (bicyclic) bond motifs is 8. The summed E-state index contributed by atoms with van der Waals surface area (Å²) in [5, 5.41) is 10.2. The molecule has 0 atom stereocenters. The van der Waals surface area contributed by atoms with Crippen LogP contribution in [0.5, 0.6) is 0 Å². The van der Waals surface area contributed by atoms with E-state index >= 15 is 0 Å². The zero-order valence-electron chi connectivity index (χ0n) is 24.8. The molecule has 0 fully saturated rings. The Morgan fingerprint density at radius 2 is 0.851 bits per heavy atom. The first-order valence-electron chi connectivity index (χ1n) is 15.6. The van der Waals surface area contributed by atoms with Crippen molar-refractivity contribution in [1.82, 2.24) is 19.5 Å². The fourth-order valence-corrected chi connectivity index (χ4v) is 9.77. The van der Waals surface area contributed by atoms with Crippen molar-refractivity contribution in [2.24, 2.45) is 0 Å². The van der Waals surface area contributed by atoms with Gasteiger partial charge in [0.25, 0.3) is 0 Å². The summed E-state index contributed by atoms with van der Waals surface area (Å²) < 4.78 is 7.53. The maximum Gasteiger partial charge on any atom is 0.238 e. The summed E-state index contributed by atoms with van der Waals surface area (Å²) in [5.41, 5.74) is 4.14. The highest BCUT2D eigenvalue weighted by Crippen LogP contribution is 2.49. The molecular weight excluding hydrogens is 613 g/mol. The summed E-state index contributed by atoms with van der Waals surface area (Å²) in [4.78, 5) is 15.5. The molecule has 0 aliphatic carbocycles. The van der Waals surface area contributed by atoms with E-state index in [0.717, 1.165) is 22.2 Å². The molecule has 0 bridgehead atoms. The maximum absolute atomic E-state index is 5.24. The van der Waals surface area contributed by atoms with Crippen LogP contribution in [0.3, 0.4) is 0 Å². The number of rotatable bonds is 3. The first-order valence-corrected chi connectivity index (χ1v) is 17.3. The van der Waals surface area contributed by atoms with E-state index < -0.39 is 0 Å². The van der Waals surface area contributed by atoms with Crippen LogP contribution in [0, 0.1) is 0 Å². The Labute approximate surface area is 276 Å². The van der Waals surface area contributed by atoms with Gasteiger partial charge in [-0.05, 0) is 24.3 Å². The lowest BCUT2D eigenvalue weighted by Gasteiger charge is -2.11. The van der Waals surface area contributed by atoms with Crippen LogP contribution >= 0.6 is 22.7 Å². The number of hydrogen-bond donors (Lipinski definition) is 0. The number of hydrogen-bond acceptors (Lipinski definition) is 5. The van der Waals surface area contributed by atoms with Crippen LogP contribution in [-0.2, 0) is 0 Å². The largest absolute Gasteiger partial charge is 0.278 e. The fourth-order valence-electron chi connectivity index (χ4n) is 7.34. The Hall–Kier alpha value is -5.69. The molecule has 4 aromatic heterocycles. The van der Waals surface area contributed by atoms with E-state index in [1.165, 1.54) is 61.9 Å². The molecule has 0 saturated heterocycles. The Kier molecular flexibility index (Phi) is 5.11. The van der Waals surface area contributed by atoms with Crippen LogP contribution in [0.1, 0.15) is 0 Å². The van der Waals surface area contributed by atoms with Crippen LogP contribution < -0.4 is 0 Å². The summed E-state index contributed by atoms with van der Waals surface area (Å²) in [6.45, 7) is 0. The quantitative estimate of drug-likeness (QED) is 0.182. The van der Waals surface area contributed by atoms with Gasteiger partial charge in [-0.1, -0.05) is 109 Å². The summed E-state index contributed by atoms with van der Waals surface area (Å²) in [6, 6.07) is 47.3. The average molecular weight is 635 g/mol. The Balaban J connectivity index is 1.36. The summed E-state index contributed by atoms with van der Waals surface area (Å²) in [6.07, 6.45) is 0. The van der Waals surface area contributed by atoms with Crippen LogP contribution in [0.4, 0.5) is 0 Å². The molecule has 0 radical (unpaired) electrons. The van der Waals surface area contributed by atoms with E-state index in [1.54, 1.807) is 0 Å². The van der Waals surface area contributed by atoms with Gasteiger partial charge in [-0.25, -0.2) is 4.98 Å². The molecule has 0 aliphatic rings. The molecule has 0 aliphatic heterocycles. The lowest BCUT2D eigenvalue weighted by atomic mass is 9.98. The molecule has 0 amide bonds. The number of aromatic nitrogens is 4. The van der Waals surface area contributed by atoms with Gasteiger partial charge in [0, 0.05) is 73.0 Å². The molecule has 47 heavy (non-hydrogen) atoms. The maximum atomic E-state index is 5.24. The van der Waals surface area contributed by atoms with Crippen molar-refractivity contribution in [1.29, 1.82) is 0 Å². The zero-order valence-corrected chi connectivity index (χ0v) is 26.4. The van der Waals surface area contributed by atoms with Gasteiger partial charge in [0.2, 0.25) is 5.95 Å². The van der Waals surface area contributed by atoms with Crippen LogP contribution in [0.25, 0.3) is 102 Å². The third-order valence-electron chi connectivity index (χ3n) is 9.41. The summed E-state index contributed by atoms with van der Waals surface area (Å²) in [7, 11) is 0. The second kappa shape index (κ2) is 9.42. The second-order valence-corrected chi connectivity index (χ2v) is 14.1. The molecule has 218 valence electrons. The van der Waals surface area contributed by atoms with Gasteiger partial charge >= 0.3 is 0 Å². The third-order valence-corrected chi connectivity index (χ3v) is 11.8. The highest BCUT2D eigenvalue weighted by Gasteiger charge is 2.25. The van der Waals surface area contributed by atoms with Crippen LogP contribution in [-0.4, -0.2) is 19.5 Å². The predicted octanol–water partition coefficient (Wildman–Crippen LogP) is 11.6. The van der Waals surface area contributed by atoms with Gasteiger partial charge in [-0.2, -0.15) is 9.97 Å². The molecule has 6 heteroatoms. The van der Waals surface area contributed by atoms with Crippen molar-refractivity contribution in [3.63, 3.8) is 0 Å². The van der Waals surface area contributed by atoms with Gasteiger partial charge in [0.05, 0.1) is 11.0 Å². The van der Waals surface area contributed by atoms with Gasteiger partial charge in [0.15, 0.2) is 11.6 Å². The van der Waals surface area contributed by atoms with Crippen molar-refractivity contribution >= 4 is 95.6 Å². The first-order chi connectivity index (χ1) is 23.3. The molecule has 11 aromatic rings. The van der Waals surface area contributed by atoms with E-state index in [0.29, 0.717) is 17.6 Å². The topological polar surface area (TPSA) is 43.6 Å². The smallest absolute Gasteiger partial charge is 0.238 e. The minimum atomic E-state index is 0.620. The molecule has 4 nitrogen and oxygen atoms in total. The highest BCUT2D eigenvalue weighted by molar-refractivity contribution is 7.27. The molecular formula is C41H22N4S2. The van der Waals surface area contributed by atoms with Crippen molar-refractivity contribution < 1.29 is 0 Å². The van der Waals surface area contributed by atoms with Crippen LogP contribution in [0.2, 0.25) is 0 Å². The number of nitrogens with zero attached hydrogens (tertiary/aromatic N) is 4. The predicted molar refractivity (Wildman–Crippen MR) is 200 cm³/mol. The first kappa shape index (κ1) is 25.5. The fraction of sp³-hybridized carbons (Fsp3) is 0. The highest BCUT2D eigenvalue weighted by atomic mass is 32.1. The molecule has 0 unspecified atom stereocenters. The van der Waals surface area contributed by atoms with Gasteiger partial charge < -0.3 is 0 Å². The monoisotopic (exact) mass is 634 g/mol. The van der Waals surface area contributed by atoms with E-state index in [1.807, 2.05) is 59.1 Å². The van der Waals surface area contributed by atoms with E-state index in [9.17, 15) is 0 Å². The second-order valence-electron chi connectivity index (χ2n) is 12.0. The minimum absolute atomic E-state index is 0.620. The SMILES string of the molecule is c1ccc(-c2nc(-c3ccccc3)nc(-n3c4cc5c6ccccc6sc5c5ccc6c7sc8ccccc8c7cc3c6c54)n2)cc1. The van der Waals surface area contributed by atoms with Crippen molar-refractivity contribution in [2.45, 2.75) is 0 Å². The molecule has 0 spiro atoms. The van der Waals surface area contributed by atoms with Gasteiger partial charge in [-0.3, -0.25) is 4.57 Å². The molecule has 0 N–H and O–H groups in total. The number of thiophene rings is 2. The minimum Gasteiger partial charge on any atom is -0.278 e. The van der Waals surface area contributed by atoms with Crippen molar-refractivity contribution in [3.05, 3.63) is 133 Å². The van der Waals surface area contributed by atoms with Gasteiger partial charge in [-0.15, -0.1) is 22.7 Å². The molecule has 0 saturated carbocycles. The van der Waals surface area contributed by atoms with Crippen molar-refractivity contribution in [2.75, 3.05) is 0 Å².